The minimum Gasteiger partial charge on any atom is -0.324 e. The van der Waals surface area contributed by atoms with E-state index >= 15 is 0 Å². The number of halogens is 1. The summed E-state index contributed by atoms with van der Waals surface area (Å²) in [6.45, 7) is 0.913. The number of carbonyl (C=O) groups is 1. The van der Waals surface area contributed by atoms with Crippen molar-refractivity contribution in [1.29, 1.82) is 0 Å². The number of anilines is 1. The highest BCUT2D eigenvalue weighted by Crippen LogP contribution is 2.23. The summed E-state index contributed by atoms with van der Waals surface area (Å²) in [5, 5.41) is 4.36. The Kier molecular flexibility index (Phi) is 4.91. The third-order valence-electron chi connectivity index (χ3n) is 3.30. The molecule has 0 aliphatic carbocycles. The van der Waals surface area contributed by atoms with Crippen molar-refractivity contribution < 1.29 is 4.79 Å². The van der Waals surface area contributed by atoms with Gasteiger partial charge in [-0.25, -0.2) is 4.98 Å². The van der Waals surface area contributed by atoms with Crippen LogP contribution in [-0.2, 0) is 11.3 Å². The molecule has 0 aliphatic heterocycles. The quantitative estimate of drug-likeness (QED) is 0.759. The Morgan fingerprint density at radius 3 is 2.74 bits per heavy atom. The molecule has 0 bridgehead atoms. The van der Waals surface area contributed by atoms with Crippen molar-refractivity contribution in [2.45, 2.75) is 6.54 Å². The maximum absolute atomic E-state index is 12.1. The molecule has 3 rings (SSSR count). The molecule has 0 saturated carbocycles. The van der Waals surface area contributed by atoms with Crippen LogP contribution in [0.15, 0.2) is 48.5 Å². The second-order valence-corrected chi connectivity index (χ2v) is 6.80. The number of amides is 1. The molecule has 0 unspecified atom stereocenters. The lowest BCUT2D eigenvalue weighted by Gasteiger charge is -2.15. The molecule has 23 heavy (non-hydrogen) atoms. The number of para-hydroxylation sites is 2. The summed E-state index contributed by atoms with van der Waals surface area (Å²) in [7, 11) is 1.90. The second-order valence-electron chi connectivity index (χ2n) is 5.28. The van der Waals surface area contributed by atoms with Crippen molar-refractivity contribution in [3.05, 3.63) is 58.6 Å². The van der Waals surface area contributed by atoms with Gasteiger partial charge in [-0.05, 0) is 31.3 Å². The Balaban J connectivity index is 1.59. The van der Waals surface area contributed by atoms with E-state index in [1.807, 2.05) is 42.3 Å². The Morgan fingerprint density at radius 1 is 1.22 bits per heavy atom. The molecule has 1 heterocycles. The van der Waals surface area contributed by atoms with E-state index in [1.54, 1.807) is 23.5 Å². The Morgan fingerprint density at radius 2 is 1.96 bits per heavy atom. The fraction of sp³-hybridized carbons (Fsp3) is 0.176. The van der Waals surface area contributed by atoms with Crippen LogP contribution in [0.25, 0.3) is 10.2 Å². The zero-order valence-corrected chi connectivity index (χ0v) is 14.2. The number of fused-ring (bicyclic) bond motifs is 1. The standard InChI is InChI=1S/C17H16ClN3OS/c1-21(10-16(22)19-13-7-3-2-6-12(13)18)11-17-20-14-8-4-5-9-15(14)23-17/h2-9H,10-11H2,1H3,(H,19,22). The zero-order chi connectivity index (χ0) is 16.2. The van der Waals surface area contributed by atoms with Crippen LogP contribution < -0.4 is 5.32 Å². The van der Waals surface area contributed by atoms with Gasteiger partial charge in [-0.1, -0.05) is 35.9 Å². The number of thiazole rings is 1. The number of rotatable bonds is 5. The van der Waals surface area contributed by atoms with Crippen molar-refractivity contribution in [3.63, 3.8) is 0 Å². The number of hydrogen-bond donors (Lipinski definition) is 1. The molecule has 0 spiro atoms. The van der Waals surface area contributed by atoms with Crippen LogP contribution in [0.5, 0.6) is 0 Å². The average molecular weight is 346 g/mol. The lowest BCUT2D eigenvalue weighted by Crippen LogP contribution is -2.29. The Hall–Kier alpha value is -1.95. The fourth-order valence-corrected chi connectivity index (χ4v) is 3.50. The number of hydrogen-bond acceptors (Lipinski definition) is 4. The highest BCUT2D eigenvalue weighted by Gasteiger charge is 2.11. The minimum absolute atomic E-state index is 0.0956. The predicted octanol–water partition coefficient (Wildman–Crippen LogP) is 4.02. The van der Waals surface area contributed by atoms with Gasteiger partial charge in [0.25, 0.3) is 0 Å². The number of aromatic nitrogens is 1. The molecule has 0 fully saturated rings. The van der Waals surface area contributed by atoms with Crippen molar-refractivity contribution in [1.82, 2.24) is 9.88 Å². The first-order valence-corrected chi connectivity index (χ1v) is 8.38. The third-order valence-corrected chi connectivity index (χ3v) is 4.66. The summed E-state index contributed by atoms with van der Waals surface area (Å²) in [5.74, 6) is -0.0956. The van der Waals surface area contributed by atoms with Crippen molar-refractivity contribution >= 4 is 44.7 Å². The van der Waals surface area contributed by atoms with Gasteiger partial charge < -0.3 is 5.32 Å². The number of carbonyl (C=O) groups excluding carboxylic acids is 1. The number of benzene rings is 2. The molecule has 3 aromatic rings. The molecule has 4 nitrogen and oxygen atoms in total. The Bertz CT molecular complexity index is 800. The maximum Gasteiger partial charge on any atom is 0.238 e. The van der Waals surface area contributed by atoms with Gasteiger partial charge in [-0.15, -0.1) is 11.3 Å². The van der Waals surface area contributed by atoms with Gasteiger partial charge in [0.05, 0.1) is 34.0 Å². The SMILES string of the molecule is CN(CC(=O)Nc1ccccc1Cl)Cc1nc2ccccc2s1. The molecule has 0 aliphatic rings. The summed E-state index contributed by atoms with van der Waals surface area (Å²) in [6, 6.07) is 15.2. The molecule has 0 radical (unpaired) electrons. The maximum atomic E-state index is 12.1. The summed E-state index contributed by atoms with van der Waals surface area (Å²) < 4.78 is 1.16. The van der Waals surface area contributed by atoms with Crippen LogP contribution in [0.3, 0.4) is 0 Å². The minimum atomic E-state index is -0.0956. The van der Waals surface area contributed by atoms with E-state index in [0.29, 0.717) is 17.3 Å². The predicted molar refractivity (Wildman–Crippen MR) is 96.0 cm³/mol. The van der Waals surface area contributed by atoms with E-state index in [0.717, 1.165) is 15.2 Å². The van der Waals surface area contributed by atoms with Gasteiger partial charge in [0.1, 0.15) is 5.01 Å². The van der Waals surface area contributed by atoms with Gasteiger partial charge in [0.2, 0.25) is 5.91 Å². The van der Waals surface area contributed by atoms with Gasteiger partial charge in [-0.3, -0.25) is 9.69 Å². The van der Waals surface area contributed by atoms with Gasteiger partial charge in [0, 0.05) is 0 Å². The van der Waals surface area contributed by atoms with Crippen molar-refractivity contribution in [2.24, 2.45) is 0 Å². The van der Waals surface area contributed by atoms with Crippen LogP contribution >= 0.6 is 22.9 Å². The molecule has 1 amide bonds. The van der Waals surface area contributed by atoms with E-state index in [-0.39, 0.29) is 12.5 Å². The molecule has 0 atom stereocenters. The molecule has 118 valence electrons. The molecule has 0 saturated heterocycles. The molecule has 2 aromatic carbocycles. The van der Waals surface area contributed by atoms with Gasteiger partial charge >= 0.3 is 0 Å². The van der Waals surface area contributed by atoms with Crippen LogP contribution in [0.2, 0.25) is 5.02 Å². The van der Waals surface area contributed by atoms with Gasteiger partial charge in [-0.2, -0.15) is 0 Å². The first kappa shape index (κ1) is 15.9. The van der Waals surface area contributed by atoms with Crippen LogP contribution in [0.1, 0.15) is 5.01 Å². The first-order valence-electron chi connectivity index (χ1n) is 7.19. The second kappa shape index (κ2) is 7.08. The fourth-order valence-electron chi connectivity index (χ4n) is 2.27. The summed E-state index contributed by atoms with van der Waals surface area (Å²) in [4.78, 5) is 18.6. The third kappa shape index (κ3) is 4.07. The summed E-state index contributed by atoms with van der Waals surface area (Å²) >= 11 is 7.70. The normalized spacial score (nSPS) is 11.1. The highest BCUT2D eigenvalue weighted by molar-refractivity contribution is 7.18. The number of nitrogens with one attached hydrogen (secondary N) is 1. The summed E-state index contributed by atoms with van der Waals surface area (Å²) in [5.41, 5.74) is 1.63. The lowest BCUT2D eigenvalue weighted by atomic mass is 10.3. The summed E-state index contributed by atoms with van der Waals surface area (Å²) in [6.07, 6.45) is 0. The van der Waals surface area contributed by atoms with E-state index < -0.39 is 0 Å². The molecular weight excluding hydrogens is 330 g/mol. The van der Waals surface area contributed by atoms with Crippen LogP contribution in [0.4, 0.5) is 5.69 Å². The van der Waals surface area contributed by atoms with E-state index in [4.69, 9.17) is 11.6 Å². The number of nitrogens with zero attached hydrogens (tertiary/aromatic N) is 2. The smallest absolute Gasteiger partial charge is 0.238 e. The van der Waals surface area contributed by atoms with E-state index in [9.17, 15) is 4.79 Å². The average Bonchev–Trinajstić information content (AvgIpc) is 2.91. The Labute approximate surface area is 143 Å². The molecule has 1 aromatic heterocycles. The monoisotopic (exact) mass is 345 g/mol. The zero-order valence-electron chi connectivity index (χ0n) is 12.6. The number of likely N-dealkylation sites (N-methyl/N-ethyl adjacent to an activating group) is 1. The van der Waals surface area contributed by atoms with E-state index in [2.05, 4.69) is 16.4 Å². The molecule has 1 N–H and O–H groups in total. The van der Waals surface area contributed by atoms with Crippen LogP contribution in [0, 0.1) is 0 Å². The van der Waals surface area contributed by atoms with Crippen molar-refractivity contribution in [2.75, 3.05) is 18.9 Å². The molecule has 6 heteroatoms. The lowest BCUT2D eigenvalue weighted by molar-refractivity contribution is -0.117. The highest BCUT2D eigenvalue weighted by atomic mass is 35.5. The van der Waals surface area contributed by atoms with E-state index in [1.165, 1.54) is 0 Å². The largest absolute Gasteiger partial charge is 0.324 e. The topological polar surface area (TPSA) is 45.2 Å². The van der Waals surface area contributed by atoms with Crippen LogP contribution in [-0.4, -0.2) is 29.4 Å². The van der Waals surface area contributed by atoms with Crippen molar-refractivity contribution in [3.8, 4) is 0 Å². The van der Waals surface area contributed by atoms with Gasteiger partial charge in [0.15, 0.2) is 0 Å². The molecular formula is C17H16ClN3OS. The first-order chi connectivity index (χ1) is 11.1.